The Kier molecular flexibility index (Phi) is 4.45. The second-order valence-electron chi connectivity index (χ2n) is 6.27. The molecule has 1 N–H and O–H groups in total. The minimum atomic E-state index is -2.92. The first kappa shape index (κ1) is 16.7. The lowest BCUT2D eigenvalue weighted by Crippen LogP contribution is -2.33. The van der Waals surface area contributed by atoms with E-state index < -0.39 is 9.84 Å². The van der Waals surface area contributed by atoms with Crippen LogP contribution in [0.4, 0.5) is 17.3 Å². The Balaban J connectivity index is 1.85. The normalized spacial score (nSPS) is 19.2. The Bertz CT molecular complexity index is 851. The molecule has 1 atom stereocenters. The molecule has 0 spiro atoms. The Morgan fingerprint density at radius 1 is 1.21 bits per heavy atom. The summed E-state index contributed by atoms with van der Waals surface area (Å²) in [5, 5.41) is 3.32. The molecule has 128 valence electrons. The molecule has 0 saturated carbocycles. The molecule has 1 aromatic heterocycles. The summed E-state index contributed by atoms with van der Waals surface area (Å²) in [6.07, 6.45) is 0.641. The minimum Gasteiger partial charge on any atom is -0.355 e. The monoisotopic (exact) mass is 346 g/mol. The van der Waals surface area contributed by atoms with Gasteiger partial charge in [0.2, 0.25) is 0 Å². The van der Waals surface area contributed by atoms with E-state index in [9.17, 15) is 8.42 Å². The van der Waals surface area contributed by atoms with Gasteiger partial charge in [-0.2, -0.15) is 0 Å². The van der Waals surface area contributed by atoms with Crippen molar-refractivity contribution < 1.29 is 8.42 Å². The molecule has 1 saturated heterocycles. The van der Waals surface area contributed by atoms with E-state index in [0.717, 1.165) is 17.1 Å². The van der Waals surface area contributed by atoms with Gasteiger partial charge in [0.15, 0.2) is 9.84 Å². The lowest BCUT2D eigenvalue weighted by molar-refractivity contribution is 0.600. The molecular formula is C17H22N4O2S. The summed E-state index contributed by atoms with van der Waals surface area (Å²) in [6, 6.07) is 9.83. The van der Waals surface area contributed by atoms with E-state index in [-0.39, 0.29) is 17.5 Å². The van der Waals surface area contributed by atoms with Gasteiger partial charge in [-0.3, -0.25) is 0 Å². The predicted molar refractivity (Wildman–Crippen MR) is 96.7 cm³/mol. The third-order valence-electron chi connectivity index (χ3n) is 4.35. The smallest absolute Gasteiger partial charge is 0.152 e. The fourth-order valence-electron chi connectivity index (χ4n) is 2.92. The van der Waals surface area contributed by atoms with Crippen LogP contribution in [0.5, 0.6) is 0 Å². The highest BCUT2D eigenvalue weighted by molar-refractivity contribution is 7.91. The molecule has 6 nitrogen and oxygen atoms in total. The van der Waals surface area contributed by atoms with Gasteiger partial charge in [-0.1, -0.05) is 18.2 Å². The number of para-hydroxylation sites is 1. The van der Waals surface area contributed by atoms with Gasteiger partial charge in [-0.15, -0.1) is 0 Å². The lowest BCUT2D eigenvalue weighted by atomic mass is 10.2. The summed E-state index contributed by atoms with van der Waals surface area (Å²) in [4.78, 5) is 10.9. The number of benzene rings is 1. The summed E-state index contributed by atoms with van der Waals surface area (Å²) in [5.41, 5.74) is 2.12. The van der Waals surface area contributed by atoms with Crippen LogP contribution in [-0.4, -0.2) is 43.0 Å². The maximum Gasteiger partial charge on any atom is 0.152 e. The van der Waals surface area contributed by atoms with E-state index in [4.69, 9.17) is 0 Å². The summed E-state index contributed by atoms with van der Waals surface area (Å²) < 4.78 is 23.4. The van der Waals surface area contributed by atoms with Crippen LogP contribution in [0.15, 0.2) is 30.3 Å². The number of aromatic nitrogens is 2. The highest BCUT2D eigenvalue weighted by atomic mass is 32.2. The van der Waals surface area contributed by atoms with Gasteiger partial charge < -0.3 is 10.2 Å². The second-order valence-corrected chi connectivity index (χ2v) is 8.50. The fourth-order valence-corrected chi connectivity index (χ4v) is 4.69. The van der Waals surface area contributed by atoms with Crippen LogP contribution < -0.4 is 10.2 Å². The first-order valence-electron chi connectivity index (χ1n) is 7.96. The molecule has 1 fully saturated rings. The van der Waals surface area contributed by atoms with Crippen LogP contribution in [0.2, 0.25) is 0 Å². The number of rotatable bonds is 4. The van der Waals surface area contributed by atoms with Crippen LogP contribution in [0.25, 0.3) is 0 Å². The average molecular weight is 346 g/mol. The molecule has 1 aromatic carbocycles. The van der Waals surface area contributed by atoms with Crippen LogP contribution in [-0.2, 0) is 9.84 Å². The zero-order valence-corrected chi connectivity index (χ0v) is 15.0. The third-order valence-corrected chi connectivity index (χ3v) is 6.10. The standard InChI is InChI=1S/C17H22N4O2S/c1-12-6-4-5-7-15(12)20-16-10-17(19-13(2)18-16)21(3)14-8-9-24(22,23)11-14/h4-7,10,14H,8-9,11H2,1-3H3,(H,18,19,20). The quantitative estimate of drug-likeness (QED) is 0.916. The Hall–Kier alpha value is -2.15. The van der Waals surface area contributed by atoms with Crippen molar-refractivity contribution in [3.63, 3.8) is 0 Å². The van der Waals surface area contributed by atoms with Crippen molar-refractivity contribution in [2.45, 2.75) is 26.3 Å². The van der Waals surface area contributed by atoms with E-state index in [1.165, 1.54) is 0 Å². The first-order chi connectivity index (χ1) is 11.3. The highest BCUT2D eigenvalue weighted by Gasteiger charge is 2.31. The SMILES string of the molecule is Cc1nc(Nc2ccccc2C)cc(N(C)C2CCS(=O)(=O)C2)n1. The number of anilines is 3. The van der Waals surface area contributed by atoms with E-state index in [0.29, 0.717) is 18.1 Å². The summed E-state index contributed by atoms with van der Waals surface area (Å²) in [5.74, 6) is 2.53. The predicted octanol–water partition coefficient (Wildman–Crippen LogP) is 2.46. The maximum atomic E-state index is 11.7. The van der Waals surface area contributed by atoms with Crippen LogP contribution in [0, 0.1) is 13.8 Å². The van der Waals surface area contributed by atoms with Gasteiger partial charge in [0, 0.05) is 24.8 Å². The first-order valence-corrected chi connectivity index (χ1v) is 9.78. The molecule has 1 unspecified atom stereocenters. The van der Waals surface area contributed by atoms with E-state index >= 15 is 0 Å². The fraction of sp³-hybridized carbons (Fsp3) is 0.412. The maximum absolute atomic E-state index is 11.7. The lowest BCUT2D eigenvalue weighted by Gasteiger charge is -2.25. The number of hydrogen-bond donors (Lipinski definition) is 1. The van der Waals surface area contributed by atoms with Crippen molar-refractivity contribution in [1.82, 2.24) is 9.97 Å². The molecule has 2 aromatic rings. The topological polar surface area (TPSA) is 75.2 Å². The Morgan fingerprint density at radius 2 is 1.96 bits per heavy atom. The van der Waals surface area contributed by atoms with Crippen molar-refractivity contribution in [2.24, 2.45) is 0 Å². The molecule has 0 aliphatic carbocycles. The van der Waals surface area contributed by atoms with Gasteiger partial charge in [-0.05, 0) is 31.9 Å². The summed E-state index contributed by atoms with van der Waals surface area (Å²) in [7, 11) is -1.03. The van der Waals surface area contributed by atoms with Gasteiger partial charge in [0.05, 0.1) is 11.5 Å². The number of nitrogens with zero attached hydrogens (tertiary/aromatic N) is 3. The number of hydrogen-bond acceptors (Lipinski definition) is 6. The molecule has 0 radical (unpaired) electrons. The molecule has 0 bridgehead atoms. The van der Waals surface area contributed by atoms with E-state index in [2.05, 4.69) is 15.3 Å². The minimum absolute atomic E-state index is 0.0318. The zero-order valence-electron chi connectivity index (χ0n) is 14.2. The van der Waals surface area contributed by atoms with Gasteiger partial charge in [-0.25, -0.2) is 18.4 Å². The summed E-state index contributed by atoms with van der Waals surface area (Å²) >= 11 is 0. The molecule has 1 aliphatic heterocycles. The number of sulfone groups is 1. The van der Waals surface area contributed by atoms with Gasteiger partial charge in [0.25, 0.3) is 0 Å². The second kappa shape index (κ2) is 6.39. The molecule has 7 heteroatoms. The van der Waals surface area contributed by atoms with Gasteiger partial charge >= 0.3 is 0 Å². The molecule has 0 amide bonds. The third kappa shape index (κ3) is 3.67. The molecule has 24 heavy (non-hydrogen) atoms. The molecule has 3 rings (SSSR count). The van der Waals surface area contributed by atoms with Crippen molar-refractivity contribution in [2.75, 3.05) is 28.8 Å². The molecular weight excluding hydrogens is 324 g/mol. The average Bonchev–Trinajstić information content (AvgIpc) is 2.88. The van der Waals surface area contributed by atoms with Crippen molar-refractivity contribution in [1.29, 1.82) is 0 Å². The van der Waals surface area contributed by atoms with Crippen LogP contribution in [0.1, 0.15) is 17.8 Å². The van der Waals surface area contributed by atoms with Gasteiger partial charge in [0.1, 0.15) is 17.5 Å². The van der Waals surface area contributed by atoms with E-state index in [1.807, 2.05) is 56.1 Å². The highest BCUT2D eigenvalue weighted by Crippen LogP contribution is 2.25. The number of nitrogens with one attached hydrogen (secondary N) is 1. The van der Waals surface area contributed by atoms with Crippen molar-refractivity contribution in [3.8, 4) is 0 Å². The zero-order chi connectivity index (χ0) is 17.3. The van der Waals surface area contributed by atoms with Crippen LogP contribution in [0.3, 0.4) is 0 Å². The van der Waals surface area contributed by atoms with E-state index in [1.54, 1.807) is 0 Å². The Labute approximate surface area is 142 Å². The molecule has 1 aliphatic rings. The van der Waals surface area contributed by atoms with Crippen molar-refractivity contribution >= 4 is 27.2 Å². The summed E-state index contributed by atoms with van der Waals surface area (Å²) in [6.45, 7) is 3.87. The van der Waals surface area contributed by atoms with Crippen molar-refractivity contribution in [3.05, 3.63) is 41.7 Å². The molecule has 2 heterocycles. The Morgan fingerprint density at radius 3 is 2.62 bits per heavy atom. The van der Waals surface area contributed by atoms with Crippen LogP contribution >= 0.6 is 0 Å². The number of aryl methyl sites for hydroxylation is 2. The largest absolute Gasteiger partial charge is 0.355 e.